The van der Waals surface area contributed by atoms with Gasteiger partial charge in [-0.25, -0.2) is 14.4 Å². The van der Waals surface area contributed by atoms with Crippen molar-refractivity contribution in [1.82, 2.24) is 4.98 Å². The Hall–Kier alpha value is -2.51. The largest absolute Gasteiger partial charge is 0.486 e. The number of aromatic amines is 1. The Balaban J connectivity index is 1.25. The fourth-order valence-electron chi connectivity index (χ4n) is 3.25. The highest BCUT2D eigenvalue weighted by Gasteiger charge is 2.26. The van der Waals surface area contributed by atoms with E-state index in [-0.39, 0.29) is 5.82 Å². The van der Waals surface area contributed by atoms with Crippen LogP contribution >= 0.6 is 11.3 Å². The standard InChI is InChI=1S/C20H21FN4OS/c21-16-4-6-18(7-5-16)26-14-20-23-17(15-27-20)13-24-9-11-25(12-10-24)19-3-1-2-8-22-19/h1-8,15H,9-14H2/p+2. The number of piperazine rings is 1. The van der Waals surface area contributed by atoms with Gasteiger partial charge in [-0.3, -0.25) is 4.90 Å². The van der Waals surface area contributed by atoms with E-state index >= 15 is 0 Å². The van der Waals surface area contributed by atoms with Crippen molar-refractivity contribution in [2.75, 3.05) is 31.1 Å². The number of hydrogen-bond acceptors (Lipinski definition) is 4. The van der Waals surface area contributed by atoms with E-state index in [9.17, 15) is 4.39 Å². The lowest BCUT2D eigenvalue weighted by Crippen LogP contribution is -3.13. The molecule has 2 aromatic heterocycles. The van der Waals surface area contributed by atoms with Crippen molar-refractivity contribution in [2.24, 2.45) is 0 Å². The molecule has 0 saturated carbocycles. The smallest absolute Gasteiger partial charge is 0.274 e. The zero-order valence-corrected chi connectivity index (χ0v) is 15.8. The molecule has 140 valence electrons. The Morgan fingerprint density at radius 3 is 2.70 bits per heavy atom. The summed E-state index contributed by atoms with van der Waals surface area (Å²) in [6.45, 7) is 5.65. The van der Waals surface area contributed by atoms with Crippen molar-refractivity contribution >= 4 is 17.2 Å². The van der Waals surface area contributed by atoms with E-state index in [1.165, 1.54) is 18.0 Å². The fraction of sp³-hybridized carbons (Fsp3) is 0.300. The molecule has 0 bridgehead atoms. The summed E-state index contributed by atoms with van der Waals surface area (Å²) in [5.74, 6) is 1.59. The van der Waals surface area contributed by atoms with Crippen molar-refractivity contribution in [3.05, 3.63) is 70.6 Å². The maximum Gasteiger partial charge on any atom is 0.274 e. The molecular formula is C20H23FN4OS+2. The molecule has 4 rings (SSSR count). The third kappa shape index (κ3) is 4.81. The van der Waals surface area contributed by atoms with E-state index in [0.717, 1.165) is 43.4 Å². The molecule has 1 saturated heterocycles. The monoisotopic (exact) mass is 386 g/mol. The van der Waals surface area contributed by atoms with Crippen LogP contribution in [0, 0.1) is 5.82 Å². The molecule has 0 spiro atoms. The highest BCUT2D eigenvalue weighted by atomic mass is 32.1. The first-order valence-corrected chi connectivity index (χ1v) is 10.0. The Morgan fingerprint density at radius 1 is 1.15 bits per heavy atom. The predicted octanol–water partition coefficient (Wildman–Crippen LogP) is 1.58. The second-order valence-electron chi connectivity index (χ2n) is 6.64. The Kier molecular flexibility index (Phi) is 5.60. The lowest BCUT2D eigenvalue weighted by Gasteiger charge is -2.27. The van der Waals surface area contributed by atoms with E-state index in [4.69, 9.17) is 9.72 Å². The first kappa shape index (κ1) is 17.9. The van der Waals surface area contributed by atoms with Crippen LogP contribution in [0.1, 0.15) is 10.7 Å². The third-order valence-electron chi connectivity index (χ3n) is 4.71. The van der Waals surface area contributed by atoms with Crippen molar-refractivity contribution < 1.29 is 19.0 Å². The molecule has 1 fully saturated rings. The van der Waals surface area contributed by atoms with Crippen LogP contribution in [0.2, 0.25) is 0 Å². The fourth-order valence-corrected chi connectivity index (χ4v) is 3.95. The van der Waals surface area contributed by atoms with E-state index in [1.54, 1.807) is 28.4 Å². The van der Waals surface area contributed by atoms with Gasteiger partial charge in [0.2, 0.25) is 0 Å². The Morgan fingerprint density at radius 2 is 1.96 bits per heavy atom. The number of thiazole rings is 1. The number of ether oxygens (including phenoxy) is 1. The van der Waals surface area contributed by atoms with Gasteiger partial charge in [-0.1, -0.05) is 6.07 Å². The zero-order valence-electron chi connectivity index (χ0n) is 15.0. The highest BCUT2D eigenvalue weighted by Crippen LogP contribution is 2.16. The number of nitrogens with zero attached hydrogens (tertiary/aromatic N) is 2. The van der Waals surface area contributed by atoms with Gasteiger partial charge in [0.05, 0.1) is 6.20 Å². The third-order valence-corrected chi connectivity index (χ3v) is 5.58. The minimum atomic E-state index is -0.257. The number of nitrogens with one attached hydrogen (secondary N) is 2. The summed E-state index contributed by atoms with van der Waals surface area (Å²) in [5.41, 5.74) is 1.12. The predicted molar refractivity (Wildman–Crippen MR) is 102 cm³/mol. The van der Waals surface area contributed by atoms with Crippen molar-refractivity contribution in [3.63, 3.8) is 0 Å². The number of halogens is 1. The summed E-state index contributed by atoms with van der Waals surface area (Å²) in [7, 11) is 0. The maximum atomic E-state index is 12.9. The Bertz CT molecular complexity index is 848. The normalized spacial score (nSPS) is 15.1. The van der Waals surface area contributed by atoms with Gasteiger partial charge in [0.15, 0.2) is 0 Å². The summed E-state index contributed by atoms with van der Waals surface area (Å²) in [5, 5.41) is 3.07. The molecule has 0 unspecified atom stereocenters. The Labute approximate surface area is 162 Å². The van der Waals surface area contributed by atoms with Gasteiger partial charge in [0.25, 0.3) is 5.82 Å². The van der Waals surface area contributed by atoms with Crippen LogP contribution in [0.3, 0.4) is 0 Å². The average Bonchev–Trinajstić information content (AvgIpc) is 3.16. The van der Waals surface area contributed by atoms with Gasteiger partial charge >= 0.3 is 0 Å². The average molecular weight is 386 g/mol. The topological polar surface area (TPSA) is 43.9 Å². The molecular weight excluding hydrogens is 363 g/mol. The zero-order chi connectivity index (χ0) is 18.5. The van der Waals surface area contributed by atoms with E-state index < -0.39 is 0 Å². The number of benzene rings is 1. The molecule has 27 heavy (non-hydrogen) atoms. The van der Waals surface area contributed by atoms with Crippen LogP contribution in [0.5, 0.6) is 5.75 Å². The number of hydrogen-bond donors (Lipinski definition) is 1. The molecule has 0 amide bonds. The molecule has 0 aliphatic carbocycles. The number of aromatic nitrogens is 2. The molecule has 3 aromatic rings. The molecule has 1 aromatic carbocycles. The maximum absolute atomic E-state index is 12.9. The van der Waals surface area contributed by atoms with Crippen LogP contribution < -0.4 is 19.5 Å². The summed E-state index contributed by atoms with van der Waals surface area (Å²) in [6, 6.07) is 12.3. The van der Waals surface area contributed by atoms with Crippen LogP contribution in [0.15, 0.2) is 54.0 Å². The number of H-pyrrole nitrogens is 1. The van der Waals surface area contributed by atoms with Crippen LogP contribution in [-0.2, 0) is 13.2 Å². The van der Waals surface area contributed by atoms with Gasteiger partial charge < -0.3 is 9.64 Å². The molecule has 0 atom stereocenters. The SMILES string of the molecule is Fc1ccc(OCc2nc(C[NH+]3CCN(c4cccc[nH+]4)CC3)cs2)cc1. The number of pyridine rings is 1. The number of rotatable bonds is 6. The minimum Gasteiger partial charge on any atom is -0.486 e. The van der Waals surface area contributed by atoms with Crippen molar-refractivity contribution in [1.29, 1.82) is 0 Å². The molecule has 7 heteroatoms. The van der Waals surface area contributed by atoms with Crippen LogP contribution in [0.4, 0.5) is 10.2 Å². The van der Waals surface area contributed by atoms with Gasteiger partial charge in [-0.2, -0.15) is 0 Å². The van der Waals surface area contributed by atoms with Crippen molar-refractivity contribution in [3.8, 4) is 5.75 Å². The van der Waals surface area contributed by atoms with Gasteiger partial charge in [-0.05, 0) is 30.3 Å². The molecule has 3 heterocycles. The van der Waals surface area contributed by atoms with Gasteiger partial charge in [-0.15, -0.1) is 11.3 Å². The minimum absolute atomic E-state index is 0.257. The van der Waals surface area contributed by atoms with E-state index in [1.807, 2.05) is 12.3 Å². The molecule has 5 nitrogen and oxygen atoms in total. The molecule has 2 N–H and O–H groups in total. The highest BCUT2D eigenvalue weighted by molar-refractivity contribution is 7.09. The van der Waals surface area contributed by atoms with E-state index in [0.29, 0.717) is 12.4 Å². The quantitative estimate of drug-likeness (QED) is 0.700. The second-order valence-corrected chi connectivity index (χ2v) is 7.58. The first-order valence-electron chi connectivity index (χ1n) is 9.13. The first-order chi connectivity index (χ1) is 13.3. The lowest BCUT2D eigenvalue weighted by molar-refractivity contribution is -0.914. The lowest BCUT2D eigenvalue weighted by atomic mass is 10.3. The number of quaternary nitrogens is 1. The van der Waals surface area contributed by atoms with E-state index in [2.05, 4.69) is 27.4 Å². The summed E-state index contributed by atoms with van der Waals surface area (Å²) in [6.07, 6.45) is 1.97. The molecule has 1 aliphatic heterocycles. The second kappa shape index (κ2) is 8.45. The van der Waals surface area contributed by atoms with Crippen LogP contribution in [-0.4, -0.2) is 31.2 Å². The van der Waals surface area contributed by atoms with Gasteiger partial charge in [0.1, 0.15) is 61.6 Å². The summed E-state index contributed by atoms with van der Waals surface area (Å²) < 4.78 is 18.6. The molecule has 1 aliphatic rings. The molecule has 0 radical (unpaired) electrons. The number of anilines is 1. The summed E-state index contributed by atoms with van der Waals surface area (Å²) >= 11 is 1.62. The summed E-state index contributed by atoms with van der Waals surface area (Å²) in [4.78, 5) is 12.0. The van der Waals surface area contributed by atoms with Crippen molar-refractivity contribution in [2.45, 2.75) is 13.2 Å². The van der Waals surface area contributed by atoms with Crippen LogP contribution in [0.25, 0.3) is 0 Å². The van der Waals surface area contributed by atoms with Gasteiger partial charge in [0, 0.05) is 11.4 Å².